The summed E-state index contributed by atoms with van der Waals surface area (Å²) in [6.07, 6.45) is 1.13. The minimum absolute atomic E-state index is 0.116. The van der Waals surface area contributed by atoms with Crippen LogP contribution in [0.4, 0.5) is 0 Å². The molecule has 0 aliphatic rings. The van der Waals surface area contributed by atoms with Gasteiger partial charge < -0.3 is 10.2 Å². The second-order valence-corrected chi connectivity index (χ2v) is 10.5. The Kier molecular flexibility index (Phi) is 9.36. The van der Waals surface area contributed by atoms with Crippen molar-refractivity contribution in [1.29, 1.82) is 0 Å². The molecule has 4 nitrogen and oxygen atoms in total. The van der Waals surface area contributed by atoms with Gasteiger partial charge in [0, 0.05) is 35.0 Å². The molecule has 0 aliphatic heterocycles. The molecule has 0 aromatic heterocycles. The van der Waals surface area contributed by atoms with E-state index < -0.39 is 11.6 Å². The average molecular weight is 511 g/mol. The van der Waals surface area contributed by atoms with E-state index in [2.05, 4.69) is 5.32 Å². The van der Waals surface area contributed by atoms with E-state index in [4.69, 9.17) is 23.2 Å². The van der Waals surface area contributed by atoms with E-state index in [0.29, 0.717) is 22.9 Å². The van der Waals surface area contributed by atoms with Gasteiger partial charge in [-0.25, -0.2) is 0 Å². The fraction of sp³-hybridized carbons (Fsp3) is 0.310. The molecule has 0 saturated carbocycles. The number of hydrogen-bond donors (Lipinski definition) is 1. The number of aryl methyl sites for hydroxylation is 1. The summed E-state index contributed by atoms with van der Waals surface area (Å²) in [6, 6.07) is 24.0. The Morgan fingerprint density at radius 3 is 2.20 bits per heavy atom. The van der Waals surface area contributed by atoms with Gasteiger partial charge >= 0.3 is 0 Å². The number of amides is 2. The van der Waals surface area contributed by atoms with Crippen LogP contribution in [0.2, 0.25) is 10.0 Å². The van der Waals surface area contributed by atoms with Crippen LogP contribution in [0.3, 0.4) is 0 Å². The number of benzene rings is 3. The van der Waals surface area contributed by atoms with Crippen LogP contribution in [0.15, 0.2) is 78.9 Å². The summed E-state index contributed by atoms with van der Waals surface area (Å²) in [6.45, 7) is 6.08. The van der Waals surface area contributed by atoms with Crippen LogP contribution in [0.1, 0.15) is 43.9 Å². The van der Waals surface area contributed by atoms with E-state index in [0.717, 1.165) is 16.7 Å². The van der Waals surface area contributed by atoms with Gasteiger partial charge in [-0.15, -0.1) is 0 Å². The first kappa shape index (κ1) is 26.8. The van der Waals surface area contributed by atoms with Crippen LogP contribution in [0, 0.1) is 0 Å². The van der Waals surface area contributed by atoms with Crippen molar-refractivity contribution in [3.8, 4) is 0 Å². The maximum Gasteiger partial charge on any atom is 0.243 e. The molecule has 1 N–H and O–H groups in total. The van der Waals surface area contributed by atoms with Gasteiger partial charge in [0.25, 0.3) is 0 Å². The predicted molar refractivity (Wildman–Crippen MR) is 144 cm³/mol. The van der Waals surface area contributed by atoms with E-state index in [1.54, 1.807) is 11.0 Å². The Balaban J connectivity index is 1.94. The number of carbonyl (C=O) groups is 2. The topological polar surface area (TPSA) is 49.4 Å². The van der Waals surface area contributed by atoms with Crippen molar-refractivity contribution < 1.29 is 9.59 Å². The van der Waals surface area contributed by atoms with Gasteiger partial charge in [0.05, 0.1) is 0 Å². The highest BCUT2D eigenvalue weighted by atomic mass is 35.5. The van der Waals surface area contributed by atoms with Gasteiger partial charge in [-0.1, -0.05) is 83.9 Å². The first-order chi connectivity index (χ1) is 16.6. The molecule has 3 rings (SSSR count). The Bertz CT molecular complexity index is 1140. The summed E-state index contributed by atoms with van der Waals surface area (Å²) >= 11 is 12.6. The standard InChI is InChI=1S/C29H32Cl2N2O2/c1-29(2,3)32-28(35)26(19-21-10-5-4-6-11-21)33(20-22-12-9-14-24(30)18-22)27(34)17-16-23-13-7-8-15-25(23)31/h4-15,18,26H,16-17,19-20H2,1-3H3,(H,32,35)/t26-/m1/s1. The maximum atomic E-state index is 13.7. The van der Waals surface area contributed by atoms with E-state index in [1.807, 2.05) is 93.6 Å². The quantitative estimate of drug-likeness (QED) is 0.358. The summed E-state index contributed by atoms with van der Waals surface area (Å²) in [4.78, 5) is 28.9. The van der Waals surface area contributed by atoms with Crippen LogP contribution in [-0.4, -0.2) is 28.3 Å². The first-order valence-electron chi connectivity index (χ1n) is 11.8. The molecule has 0 aliphatic carbocycles. The molecule has 35 heavy (non-hydrogen) atoms. The monoisotopic (exact) mass is 510 g/mol. The van der Waals surface area contributed by atoms with E-state index >= 15 is 0 Å². The van der Waals surface area contributed by atoms with Gasteiger partial charge in [0.2, 0.25) is 11.8 Å². The fourth-order valence-corrected chi connectivity index (χ4v) is 4.37. The minimum atomic E-state index is -0.686. The SMILES string of the molecule is CC(C)(C)NC(=O)[C@@H](Cc1ccccc1)N(Cc1cccc(Cl)c1)C(=O)CCc1ccccc1Cl. The highest BCUT2D eigenvalue weighted by Crippen LogP contribution is 2.21. The summed E-state index contributed by atoms with van der Waals surface area (Å²) in [5.41, 5.74) is 2.32. The zero-order chi connectivity index (χ0) is 25.4. The summed E-state index contributed by atoms with van der Waals surface area (Å²) in [7, 11) is 0. The zero-order valence-corrected chi connectivity index (χ0v) is 21.9. The molecule has 184 valence electrons. The third-order valence-corrected chi connectivity index (χ3v) is 6.18. The highest BCUT2D eigenvalue weighted by Gasteiger charge is 2.32. The third kappa shape index (κ3) is 8.41. The lowest BCUT2D eigenvalue weighted by Gasteiger charge is -2.34. The Morgan fingerprint density at radius 1 is 0.886 bits per heavy atom. The Hall–Kier alpha value is -2.82. The molecule has 1 atom stereocenters. The molecule has 0 heterocycles. The smallest absolute Gasteiger partial charge is 0.243 e. The summed E-state index contributed by atoms with van der Waals surface area (Å²) < 4.78 is 0. The normalized spacial score (nSPS) is 12.1. The van der Waals surface area contributed by atoms with Gasteiger partial charge in [0.15, 0.2) is 0 Å². The molecular weight excluding hydrogens is 479 g/mol. The maximum absolute atomic E-state index is 13.7. The van der Waals surface area contributed by atoms with Crippen LogP contribution in [0.5, 0.6) is 0 Å². The van der Waals surface area contributed by atoms with Crippen LogP contribution < -0.4 is 5.32 Å². The van der Waals surface area contributed by atoms with E-state index in [1.165, 1.54) is 0 Å². The number of carbonyl (C=O) groups excluding carboxylic acids is 2. The van der Waals surface area contributed by atoms with Crippen molar-refractivity contribution in [1.82, 2.24) is 10.2 Å². The van der Waals surface area contributed by atoms with Crippen molar-refractivity contribution in [2.45, 2.75) is 58.2 Å². The van der Waals surface area contributed by atoms with Crippen molar-refractivity contribution in [2.75, 3.05) is 0 Å². The molecule has 0 bridgehead atoms. The number of rotatable bonds is 9. The van der Waals surface area contributed by atoms with Crippen LogP contribution in [-0.2, 0) is 29.0 Å². The third-order valence-electron chi connectivity index (χ3n) is 5.58. The van der Waals surface area contributed by atoms with Crippen molar-refractivity contribution >= 4 is 35.0 Å². The zero-order valence-electron chi connectivity index (χ0n) is 20.4. The number of nitrogens with one attached hydrogen (secondary N) is 1. The molecule has 3 aromatic rings. The molecular formula is C29H32Cl2N2O2. The highest BCUT2D eigenvalue weighted by molar-refractivity contribution is 6.31. The van der Waals surface area contributed by atoms with E-state index in [-0.39, 0.29) is 24.8 Å². The Morgan fingerprint density at radius 2 is 1.54 bits per heavy atom. The first-order valence-corrected chi connectivity index (χ1v) is 12.5. The van der Waals surface area contributed by atoms with Crippen LogP contribution in [0.25, 0.3) is 0 Å². The number of halogens is 2. The average Bonchev–Trinajstić information content (AvgIpc) is 2.80. The van der Waals surface area contributed by atoms with E-state index in [9.17, 15) is 9.59 Å². The van der Waals surface area contributed by atoms with Crippen molar-refractivity contribution in [3.05, 3.63) is 106 Å². The molecule has 0 unspecified atom stereocenters. The van der Waals surface area contributed by atoms with Crippen LogP contribution >= 0.6 is 23.2 Å². The van der Waals surface area contributed by atoms with Crippen molar-refractivity contribution in [3.63, 3.8) is 0 Å². The van der Waals surface area contributed by atoms with Gasteiger partial charge in [-0.05, 0) is 62.1 Å². The second-order valence-electron chi connectivity index (χ2n) is 9.69. The van der Waals surface area contributed by atoms with Gasteiger partial charge in [-0.3, -0.25) is 9.59 Å². The Labute approximate surface area is 218 Å². The molecule has 6 heteroatoms. The molecule has 0 radical (unpaired) electrons. The lowest BCUT2D eigenvalue weighted by atomic mass is 10.00. The predicted octanol–water partition coefficient (Wildman–Crippen LogP) is 6.48. The lowest BCUT2D eigenvalue weighted by Crippen LogP contribution is -2.54. The summed E-state index contributed by atoms with van der Waals surface area (Å²) in [5.74, 6) is -0.302. The fourth-order valence-electron chi connectivity index (χ4n) is 3.93. The molecule has 2 amide bonds. The lowest BCUT2D eigenvalue weighted by molar-refractivity contribution is -0.141. The minimum Gasteiger partial charge on any atom is -0.350 e. The molecule has 3 aromatic carbocycles. The van der Waals surface area contributed by atoms with Gasteiger partial charge in [-0.2, -0.15) is 0 Å². The molecule has 0 spiro atoms. The van der Waals surface area contributed by atoms with Gasteiger partial charge in [0.1, 0.15) is 6.04 Å². The number of hydrogen-bond acceptors (Lipinski definition) is 2. The number of nitrogens with zero attached hydrogens (tertiary/aromatic N) is 1. The molecule has 0 fully saturated rings. The molecule has 0 saturated heterocycles. The summed E-state index contributed by atoms with van der Waals surface area (Å²) in [5, 5.41) is 4.30. The largest absolute Gasteiger partial charge is 0.350 e. The van der Waals surface area contributed by atoms with Crippen molar-refractivity contribution in [2.24, 2.45) is 0 Å². The second kappa shape index (κ2) is 12.2.